The average molecular weight is 472 g/mol. The van der Waals surface area contributed by atoms with Crippen LogP contribution < -0.4 is 11.1 Å². The molecule has 0 aromatic carbocycles. The number of ether oxygens (including phenoxy) is 3. The first-order valence-corrected chi connectivity index (χ1v) is 12.4. The number of hydrogen-bond acceptors (Lipinski definition) is 11. The highest BCUT2D eigenvalue weighted by Gasteiger charge is 2.72. The molecule has 0 bridgehead atoms. The Hall–Kier alpha value is -1.73. The number of piperazine rings is 1. The Bertz CT molecular complexity index is 877. The number of primary amides is 1. The molecule has 4 aliphatic rings. The first-order valence-electron chi connectivity index (χ1n) is 9.92. The average Bonchev–Trinajstić information content (AvgIpc) is 3.35. The largest absolute Gasteiger partial charge is 0.488 e. The van der Waals surface area contributed by atoms with Crippen LogP contribution in [0.25, 0.3) is 0 Å². The van der Waals surface area contributed by atoms with Crippen molar-refractivity contribution in [3.8, 4) is 0 Å². The van der Waals surface area contributed by atoms with E-state index in [9.17, 15) is 14.4 Å². The quantitative estimate of drug-likeness (QED) is 0.168. The Morgan fingerprint density at radius 3 is 2.74 bits per heavy atom. The molecule has 4 rings (SSSR count). The van der Waals surface area contributed by atoms with Gasteiger partial charge in [0.25, 0.3) is 0 Å². The summed E-state index contributed by atoms with van der Waals surface area (Å²) in [6.07, 6.45) is -0.958. The molecule has 3 aliphatic heterocycles. The number of nitrogens with zero attached hydrogens (tertiary/aromatic N) is 1. The van der Waals surface area contributed by atoms with Crippen molar-refractivity contribution in [2.45, 2.75) is 24.7 Å². The number of ketones is 2. The van der Waals surface area contributed by atoms with Gasteiger partial charge in [0.05, 0.1) is 30.9 Å². The molecule has 1 amide bonds. The lowest BCUT2D eigenvalue weighted by Gasteiger charge is -2.39. The standard InChI is InChI=1S/C19H25N3O7S2/c1-9-14(24)13-12(15(25)16(9)28-4-6-31-30-5-3-23)10(8-29-18(20)26)19(27-2)17-11(21-17)7-22(13)19/h10-11,17,21,23H,3-8H2,1-2H3,(H2,20,26)/t10-,11+,17+,19-/m1/s1. The van der Waals surface area contributed by atoms with Crippen molar-refractivity contribution in [3.05, 3.63) is 22.6 Å². The van der Waals surface area contributed by atoms with Crippen molar-refractivity contribution in [2.75, 3.05) is 45.0 Å². The zero-order chi connectivity index (χ0) is 22.3. The molecule has 1 aliphatic carbocycles. The van der Waals surface area contributed by atoms with E-state index in [1.807, 2.05) is 4.90 Å². The maximum atomic E-state index is 13.5. The summed E-state index contributed by atoms with van der Waals surface area (Å²) in [6.45, 7) is 2.26. The van der Waals surface area contributed by atoms with Crippen LogP contribution in [0.1, 0.15) is 6.92 Å². The number of aliphatic hydroxyl groups excluding tert-OH is 1. The lowest BCUT2D eigenvalue weighted by atomic mass is 9.83. The molecular formula is C19H25N3O7S2. The lowest BCUT2D eigenvalue weighted by molar-refractivity contribution is -0.137. The Morgan fingerprint density at radius 1 is 1.32 bits per heavy atom. The van der Waals surface area contributed by atoms with Gasteiger partial charge in [-0.05, 0) is 6.92 Å². The molecule has 31 heavy (non-hydrogen) atoms. The second-order valence-corrected chi connectivity index (χ2v) is 10.3. The normalized spacial score (nSPS) is 31.1. The number of nitrogens with two attached hydrogens (primary N) is 1. The van der Waals surface area contributed by atoms with Gasteiger partial charge in [0.1, 0.15) is 6.61 Å². The zero-order valence-electron chi connectivity index (χ0n) is 17.2. The summed E-state index contributed by atoms with van der Waals surface area (Å²) in [5.41, 5.74) is 4.99. The van der Waals surface area contributed by atoms with Crippen LogP contribution in [-0.4, -0.2) is 90.5 Å². The van der Waals surface area contributed by atoms with E-state index in [0.29, 0.717) is 23.7 Å². The molecule has 0 saturated carbocycles. The molecule has 2 fully saturated rings. The summed E-state index contributed by atoms with van der Waals surface area (Å²) >= 11 is 0. The summed E-state index contributed by atoms with van der Waals surface area (Å²) < 4.78 is 16.7. The summed E-state index contributed by atoms with van der Waals surface area (Å²) in [5.74, 6) is -0.134. The first kappa shape index (κ1) is 22.5. The van der Waals surface area contributed by atoms with E-state index in [4.69, 9.17) is 25.1 Å². The highest BCUT2D eigenvalue weighted by atomic mass is 33.1. The van der Waals surface area contributed by atoms with E-state index in [1.165, 1.54) is 28.7 Å². The molecule has 0 spiro atoms. The number of aliphatic hydroxyl groups is 1. The van der Waals surface area contributed by atoms with Crippen LogP contribution in [0.15, 0.2) is 22.6 Å². The van der Waals surface area contributed by atoms with Crippen LogP contribution >= 0.6 is 21.6 Å². The number of rotatable bonds is 10. The van der Waals surface area contributed by atoms with Gasteiger partial charge in [-0.25, -0.2) is 4.79 Å². The third-order valence-electron chi connectivity index (χ3n) is 6.04. The number of amides is 1. The Labute approximate surface area is 187 Å². The van der Waals surface area contributed by atoms with Crippen molar-refractivity contribution in [1.29, 1.82) is 0 Å². The second kappa shape index (κ2) is 8.66. The highest BCUT2D eigenvalue weighted by molar-refractivity contribution is 8.76. The number of hydrogen-bond donors (Lipinski definition) is 3. The fourth-order valence-corrected chi connectivity index (χ4v) is 6.37. The van der Waals surface area contributed by atoms with Crippen LogP contribution in [0.2, 0.25) is 0 Å². The predicted molar refractivity (Wildman–Crippen MR) is 114 cm³/mol. The van der Waals surface area contributed by atoms with E-state index in [0.717, 1.165) is 0 Å². The van der Waals surface area contributed by atoms with E-state index < -0.39 is 17.7 Å². The number of carbonyl (C=O) groups is 3. The third-order valence-corrected chi connectivity index (χ3v) is 8.39. The third kappa shape index (κ3) is 3.54. The van der Waals surface area contributed by atoms with E-state index in [-0.39, 0.29) is 60.4 Å². The molecule has 10 nitrogen and oxygen atoms in total. The Morgan fingerprint density at radius 2 is 2.06 bits per heavy atom. The van der Waals surface area contributed by atoms with Crippen molar-refractivity contribution < 1.29 is 33.7 Å². The van der Waals surface area contributed by atoms with E-state index >= 15 is 0 Å². The predicted octanol–water partition coefficient (Wildman–Crippen LogP) is -0.220. The van der Waals surface area contributed by atoms with Crippen LogP contribution in [0, 0.1) is 5.92 Å². The number of nitrogens with one attached hydrogen (secondary N) is 1. The van der Waals surface area contributed by atoms with Crippen molar-refractivity contribution in [3.63, 3.8) is 0 Å². The Kier molecular flexibility index (Phi) is 6.28. The fraction of sp³-hybridized carbons (Fsp3) is 0.632. The number of Topliss-reactive ketones (excluding diaryl/α,β-unsaturated/α-hetero) is 2. The molecule has 4 N–H and O–H groups in total. The maximum absolute atomic E-state index is 13.5. The van der Waals surface area contributed by atoms with Crippen LogP contribution in [0.4, 0.5) is 4.79 Å². The van der Waals surface area contributed by atoms with Gasteiger partial charge in [-0.15, -0.1) is 0 Å². The highest BCUT2D eigenvalue weighted by Crippen LogP contribution is 2.55. The molecule has 0 aromatic rings. The molecule has 4 atom stereocenters. The maximum Gasteiger partial charge on any atom is 0.404 e. The number of allylic oxidation sites excluding steroid dienone is 2. The molecular weight excluding hydrogens is 446 g/mol. The topological polar surface area (TPSA) is 150 Å². The van der Waals surface area contributed by atoms with Crippen LogP contribution in [0.3, 0.4) is 0 Å². The minimum atomic E-state index is -0.997. The minimum absolute atomic E-state index is 0.0216. The number of methoxy groups -OCH3 is 1. The van der Waals surface area contributed by atoms with E-state index in [1.54, 1.807) is 6.92 Å². The summed E-state index contributed by atoms with van der Waals surface area (Å²) in [5, 5.41) is 12.1. The van der Waals surface area contributed by atoms with Crippen LogP contribution in [-0.2, 0) is 23.8 Å². The van der Waals surface area contributed by atoms with Gasteiger partial charge in [0, 0.05) is 42.3 Å². The fourth-order valence-electron chi connectivity index (χ4n) is 4.77. The van der Waals surface area contributed by atoms with Crippen molar-refractivity contribution in [1.82, 2.24) is 10.2 Å². The van der Waals surface area contributed by atoms with Gasteiger partial charge in [0.15, 0.2) is 11.5 Å². The molecule has 0 unspecified atom stereocenters. The van der Waals surface area contributed by atoms with Gasteiger partial charge in [0.2, 0.25) is 11.6 Å². The van der Waals surface area contributed by atoms with Gasteiger partial charge in [-0.1, -0.05) is 21.6 Å². The van der Waals surface area contributed by atoms with Gasteiger partial charge < -0.3 is 35.3 Å². The van der Waals surface area contributed by atoms with E-state index in [2.05, 4.69) is 5.32 Å². The summed E-state index contributed by atoms with van der Waals surface area (Å²) in [4.78, 5) is 39.9. The van der Waals surface area contributed by atoms with Crippen molar-refractivity contribution in [2.24, 2.45) is 11.7 Å². The molecule has 170 valence electrons. The monoisotopic (exact) mass is 471 g/mol. The summed E-state index contributed by atoms with van der Waals surface area (Å²) in [6, 6.07) is 0.0539. The zero-order valence-corrected chi connectivity index (χ0v) is 18.8. The molecule has 0 aromatic heterocycles. The molecule has 2 saturated heterocycles. The lowest BCUT2D eigenvalue weighted by Crippen LogP contribution is -2.55. The summed E-state index contributed by atoms with van der Waals surface area (Å²) in [7, 11) is 4.55. The number of fused-ring (bicyclic) bond motifs is 4. The van der Waals surface area contributed by atoms with Gasteiger partial charge in [-0.2, -0.15) is 0 Å². The van der Waals surface area contributed by atoms with Gasteiger partial charge >= 0.3 is 6.09 Å². The number of carbonyl (C=O) groups excluding carboxylic acids is 3. The minimum Gasteiger partial charge on any atom is -0.488 e. The van der Waals surface area contributed by atoms with Gasteiger partial charge in [-0.3, -0.25) is 9.59 Å². The molecule has 3 heterocycles. The molecule has 12 heteroatoms. The Balaban J connectivity index is 1.59. The SMILES string of the molecule is CO[C@@]12[C@H](COC(N)=O)C3=C(C(=O)C(C)=C(OCCSSCCO)C3=O)N1C[C@@H]1N[C@@H]12. The smallest absolute Gasteiger partial charge is 0.404 e. The van der Waals surface area contributed by atoms with Crippen molar-refractivity contribution >= 4 is 39.2 Å². The van der Waals surface area contributed by atoms with Crippen LogP contribution in [0.5, 0.6) is 0 Å². The molecule has 0 radical (unpaired) electrons. The second-order valence-electron chi connectivity index (χ2n) is 7.59. The first-order chi connectivity index (χ1) is 14.9.